The molecule has 0 saturated carbocycles. The lowest BCUT2D eigenvalue weighted by atomic mass is 10.1. The van der Waals surface area contributed by atoms with E-state index in [1.807, 2.05) is 48.5 Å². The summed E-state index contributed by atoms with van der Waals surface area (Å²) in [5.41, 5.74) is 7.86. The van der Waals surface area contributed by atoms with E-state index in [9.17, 15) is 0 Å². The van der Waals surface area contributed by atoms with Gasteiger partial charge < -0.3 is 10.2 Å². The molecule has 0 spiro atoms. The van der Waals surface area contributed by atoms with Crippen molar-refractivity contribution in [3.63, 3.8) is 0 Å². The van der Waals surface area contributed by atoms with Gasteiger partial charge in [-0.05, 0) is 24.3 Å². The van der Waals surface area contributed by atoms with Crippen LogP contribution in [0.1, 0.15) is 17.5 Å². The van der Waals surface area contributed by atoms with Gasteiger partial charge in [-0.15, -0.1) is 0 Å². The van der Waals surface area contributed by atoms with Crippen molar-refractivity contribution in [2.24, 2.45) is 5.73 Å². The van der Waals surface area contributed by atoms with Crippen molar-refractivity contribution in [1.82, 2.24) is 4.98 Å². The van der Waals surface area contributed by atoms with Crippen LogP contribution in [0.15, 0.2) is 59.2 Å². The van der Waals surface area contributed by atoms with E-state index in [1.165, 1.54) is 0 Å². The maximum atomic E-state index is 6.10. The molecular weight excluding hydrogens is 212 g/mol. The van der Waals surface area contributed by atoms with Crippen LogP contribution < -0.4 is 5.73 Å². The first-order chi connectivity index (χ1) is 8.34. The van der Waals surface area contributed by atoms with Gasteiger partial charge in [0.2, 0.25) is 0 Å². The van der Waals surface area contributed by atoms with Gasteiger partial charge in [0.05, 0.1) is 17.5 Å². The number of nitrogens with two attached hydrogens (primary N) is 1. The third kappa shape index (κ3) is 1.81. The number of furan rings is 1. The van der Waals surface area contributed by atoms with Crippen molar-refractivity contribution in [2.45, 2.75) is 6.04 Å². The highest BCUT2D eigenvalue weighted by Crippen LogP contribution is 2.20. The highest BCUT2D eigenvalue weighted by molar-refractivity contribution is 5.78. The Hall–Kier alpha value is -2.13. The molecule has 17 heavy (non-hydrogen) atoms. The zero-order valence-electron chi connectivity index (χ0n) is 9.21. The number of hydrogen-bond acceptors (Lipinski definition) is 3. The molecule has 0 aliphatic heterocycles. The summed E-state index contributed by atoms with van der Waals surface area (Å²) in [6.07, 6.45) is 1.62. The van der Waals surface area contributed by atoms with Crippen molar-refractivity contribution < 1.29 is 4.42 Å². The quantitative estimate of drug-likeness (QED) is 0.728. The van der Waals surface area contributed by atoms with Crippen LogP contribution in [0.5, 0.6) is 0 Å². The van der Waals surface area contributed by atoms with E-state index in [-0.39, 0.29) is 6.04 Å². The van der Waals surface area contributed by atoms with Gasteiger partial charge in [0.15, 0.2) is 0 Å². The van der Waals surface area contributed by atoms with Crippen LogP contribution in [-0.4, -0.2) is 4.98 Å². The average molecular weight is 224 g/mol. The summed E-state index contributed by atoms with van der Waals surface area (Å²) in [4.78, 5) is 4.55. The van der Waals surface area contributed by atoms with Crippen molar-refractivity contribution >= 4 is 10.9 Å². The molecule has 2 heterocycles. The molecule has 1 atom stereocenters. The maximum absolute atomic E-state index is 6.10. The minimum Gasteiger partial charge on any atom is -0.467 e. The maximum Gasteiger partial charge on any atom is 0.126 e. The Morgan fingerprint density at radius 2 is 1.88 bits per heavy atom. The van der Waals surface area contributed by atoms with Gasteiger partial charge in [-0.1, -0.05) is 24.3 Å². The number of hydrogen-bond donors (Lipinski definition) is 1. The van der Waals surface area contributed by atoms with E-state index in [4.69, 9.17) is 10.2 Å². The highest BCUT2D eigenvalue weighted by atomic mass is 16.3. The van der Waals surface area contributed by atoms with Gasteiger partial charge in [0.1, 0.15) is 11.8 Å². The summed E-state index contributed by atoms with van der Waals surface area (Å²) >= 11 is 0. The summed E-state index contributed by atoms with van der Waals surface area (Å²) in [5, 5.41) is 1.11. The van der Waals surface area contributed by atoms with Gasteiger partial charge >= 0.3 is 0 Å². The number of fused-ring (bicyclic) bond motifs is 1. The second-order valence-corrected chi connectivity index (χ2v) is 3.92. The summed E-state index contributed by atoms with van der Waals surface area (Å²) in [6, 6.07) is 15.3. The summed E-state index contributed by atoms with van der Waals surface area (Å²) in [5.74, 6) is 0.729. The summed E-state index contributed by atoms with van der Waals surface area (Å²) in [7, 11) is 0. The first-order valence-corrected chi connectivity index (χ1v) is 5.49. The zero-order valence-corrected chi connectivity index (χ0v) is 9.21. The average Bonchev–Trinajstić information content (AvgIpc) is 2.91. The number of pyridine rings is 1. The van der Waals surface area contributed by atoms with Crippen LogP contribution in [0.4, 0.5) is 0 Å². The third-order valence-electron chi connectivity index (χ3n) is 2.79. The molecule has 1 unspecified atom stereocenters. The lowest BCUT2D eigenvalue weighted by Crippen LogP contribution is -2.12. The molecule has 0 amide bonds. The van der Waals surface area contributed by atoms with Crippen molar-refractivity contribution in [2.75, 3.05) is 0 Å². The first kappa shape index (κ1) is 10.1. The van der Waals surface area contributed by atoms with E-state index >= 15 is 0 Å². The topological polar surface area (TPSA) is 52.0 Å². The van der Waals surface area contributed by atoms with Crippen LogP contribution in [0.2, 0.25) is 0 Å². The van der Waals surface area contributed by atoms with Gasteiger partial charge in [-0.25, -0.2) is 0 Å². The Morgan fingerprint density at radius 3 is 2.71 bits per heavy atom. The van der Waals surface area contributed by atoms with Crippen LogP contribution >= 0.6 is 0 Å². The number of aromatic nitrogens is 1. The Balaban J connectivity index is 2.06. The second-order valence-electron chi connectivity index (χ2n) is 3.92. The number of rotatable bonds is 2. The molecular formula is C14H12N2O. The minimum atomic E-state index is -0.311. The van der Waals surface area contributed by atoms with Crippen LogP contribution in [-0.2, 0) is 0 Å². The molecule has 0 fully saturated rings. The molecule has 0 bridgehead atoms. The molecule has 1 aromatic carbocycles. The largest absolute Gasteiger partial charge is 0.467 e. The van der Waals surface area contributed by atoms with Crippen molar-refractivity contribution in [3.05, 3.63) is 66.2 Å². The lowest BCUT2D eigenvalue weighted by Gasteiger charge is -2.08. The van der Waals surface area contributed by atoms with E-state index in [1.54, 1.807) is 6.26 Å². The number of benzene rings is 1. The fourth-order valence-electron chi connectivity index (χ4n) is 1.87. The van der Waals surface area contributed by atoms with Gasteiger partial charge in [-0.3, -0.25) is 4.98 Å². The van der Waals surface area contributed by atoms with E-state index in [0.29, 0.717) is 0 Å². The van der Waals surface area contributed by atoms with Crippen LogP contribution in [0, 0.1) is 0 Å². The standard InChI is InChI=1S/C14H12N2O/c15-14(13-6-3-9-17-13)12-8-7-10-4-1-2-5-11(10)16-12/h1-9,14H,15H2. The molecule has 0 radical (unpaired) electrons. The molecule has 3 nitrogen and oxygen atoms in total. The molecule has 0 aliphatic carbocycles. The Kier molecular flexibility index (Phi) is 2.38. The molecule has 2 aromatic heterocycles. The minimum absolute atomic E-state index is 0.311. The SMILES string of the molecule is NC(c1ccc2ccccc2n1)c1ccco1. The smallest absolute Gasteiger partial charge is 0.126 e. The predicted octanol–water partition coefficient (Wildman–Crippen LogP) is 2.88. The molecule has 3 rings (SSSR count). The predicted molar refractivity (Wildman–Crippen MR) is 66.5 cm³/mol. The molecule has 0 aliphatic rings. The van der Waals surface area contributed by atoms with Gasteiger partial charge in [0.25, 0.3) is 0 Å². The van der Waals surface area contributed by atoms with Gasteiger partial charge in [-0.2, -0.15) is 0 Å². The molecule has 2 N–H and O–H groups in total. The van der Waals surface area contributed by atoms with Gasteiger partial charge in [0, 0.05) is 5.39 Å². The zero-order chi connectivity index (χ0) is 11.7. The van der Waals surface area contributed by atoms with Crippen LogP contribution in [0.3, 0.4) is 0 Å². The van der Waals surface area contributed by atoms with E-state index < -0.39 is 0 Å². The Bertz CT molecular complexity index is 632. The number of nitrogens with zero attached hydrogens (tertiary/aromatic N) is 1. The fourth-order valence-corrected chi connectivity index (χ4v) is 1.87. The first-order valence-electron chi connectivity index (χ1n) is 5.49. The highest BCUT2D eigenvalue weighted by Gasteiger charge is 2.13. The number of para-hydroxylation sites is 1. The van der Waals surface area contributed by atoms with E-state index in [0.717, 1.165) is 22.4 Å². The normalized spacial score (nSPS) is 12.8. The summed E-state index contributed by atoms with van der Waals surface area (Å²) < 4.78 is 5.30. The molecule has 3 heteroatoms. The molecule has 0 saturated heterocycles. The Morgan fingerprint density at radius 1 is 1.00 bits per heavy atom. The molecule has 3 aromatic rings. The third-order valence-corrected chi connectivity index (χ3v) is 2.79. The lowest BCUT2D eigenvalue weighted by molar-refractivity contribution is 0.487. The fraction of sp³-hybridized carbons (Fsp3) is 0.0714. The Labute approximate surface area is 98.9 Å². The summed E-state index contributed by atoms with van der Waals surface area (Å²) in [6.45, 7) is 0. The van der Waals surface area contributed by atoms with Crippen LogP contribution in [0.25, 0.3) is 10.9 Å². The van der Waals surface area contributed by atoms with E-state index in [2.05, 4.69) is 4.98 Å². The van der Waals surface area contributed by atoms with Crippen molar-refractivity contribution in [3.8, 4) is 0 Å². The monoisotopic (exact) mass is 224 g/mol. The molecule has 84 valence electrons. The van der Waals surface area contributed by atoms with Crippen molar-refractivity contribution in [1.29, 1.82) is 0 Å². The second kappa shape index (κ2) is 4.03.